The van der Waals surface area contributed by atoms with Gasteiger partial charge in [-0.1, -0.05) is 40.0 Å². The highest BCUT2D eigenvalue weighted by molar-refractivity contribution is 7.71. The second kappa shape index (κ2) is 13.6. The third-order valence-electron chi connectivity index (χ3n) is 4.22. The predicted molar refractivity (Wildman–Crippen MR) is 102 cm³/mol. The highest BCUT2D eigenvalue weighted by atomic mass is 31.2. The van der Waals surface area contributed by atoms with Gasteiger partial charge in [-0.2, -0.15) is 0 Å². The molecular formula is C18H37NO4P+. The van der Waals surface area contributed by atoms with E-state index in [-0.39, 0.29) is 18.8 Å². The zero-order chi connectivity index (χ0) is 18.4. The Morgan fingerprint density at radius 1 is 0.958 bits per heavy atom. The van der Waals surface area contributed by atoms with Gasteiger partial charge in [0.2, 0.25) is 0 Å². The maximum Gasteiger partial charge on any atom is 0.349 e. The number of esters is 1. The van der Waals surface area contributed by atoms with Crippen molar-refractivity contribution in [2.45, 2.75) is 78.2 Å². The molecule has 2 N–H and O–H groups in total. The van der Waals surface area contributed by atoms with E-state index in [0.29, 0.717) is 0 Å². The molecule has 0 spiro atoms. The van der Waals surface area contributed by atoms with Crippen molar-refractivity contribution in [1.29, 1.82) is 0 Å². The fourth-order valence-corrected chi connectivity index (χ4v) is 6.76. The second-order valence-electron chi connectivity index (χ2n) is 6.42. The van der Waals surface area contributed by atoms with Crippen LogP contribution in [0.5, 0.6) is 0 Å². The van der Waals surface area contributed by atoms with E-state index >= 15 is 0 Å². The fourth-order valence-electron chi connectivity index (χ4n) is 2.62. The topological polar surface area (TPSA) is 78.6 Å². The van der Waals surface area contributed by atoms with Crippen molar-refractivity contribution in [3.63, 3.8) is 0 Å². The molecule has 0 fully saturated rings. The summed E-state index contributed by atoms with van der Waals surface area (Å²) in [6.45, 7) is 6.52. The summed E-state index contributed by atoms with van der Waals surface area (Å²) >= 11 is 0. The molecule has 0 aliphatic heterocycles. The van der Waals surface area contributed by atoms with Gasteiger partial charge in [-0.05, 0) is 25.7 Å². The average molecular weight is 362 g/mol. The van der Waals surface area contributed by atoms with E-state index in [9.17, 15) is 9.59 Å². The lowest BCUT2D eigenvalue weighted by molar-refractivity contribution is -0.142. The highest BCUT2D eigenvalue weighted by Crippen LogP contribution is 2.62. The van der Waals surface area contributed by atoms with Crippen molar-refractivity contribution in [3.8, 4) is 0 Å². The Balaban J connectivity index is 4.78. The molecule has 0 aliphatic rings. The van der Waals surface area contributed by atoms with Gasteiger partial charge < -0.3 is 15.0 Å². The molecule has 1 atom stereocenters. The summed E-state index contributed by atoms with van der Waals surface area (Å²) in [7, 11) is -0.396. The zero-order valence-electron chi connectivity index (χ0n) is 16.0. The minimum Gasteiger partial charge on any atom is -0.468 e. The minimum atomic E-state index is -1.70. The largest absolute Gasteiger partial charge is 0.468 e. The van der Waals surface area contributed by atoms with E-state index in [4.69, 9.17) is 10.3 Å². The van der Waals surface area contributed by atoms with Crippen LogP contribution >= 0.6 is 7.49 Å². The lowest BCUT2D eigenvalue weighted by Crippen LogP contribution is -2.32. The first-order valence-corrected chi connectivity index (χ1v) is 11.6. The molecule has 0 bridgehead atoms. The van der Waals surface area contributed by atoms with Crippen LogP contribution in [-0.2, 0) is 18.8 Å². The lowest BCUT2D eigenvalue weighted by Gasteiger charge is -2.25. The van der Waals surface area contributed by atoms with Gasteiger partial charge in [0.15, 0.2) is 7.49 Å². The number of hydrogen-bond acceptors (Lipinski definition) is 5. The lowest BCUT2D eigenvalue weighted by atomic mass is 10.2. The molecule has 0 aromatic rings. The van der Waals surface area contributed by atoms with Crippen LogP contribution in [0.3, 0.4) is 0 Å². The summed E-state index contributed by atoms with van der Waals surface area (Å²) < 4.78 is 10.7. The van der Waals surface area contributed by atoms with Crippen LogP contribution in [0.15, 0.2) is 0 Å². The number of carbonyl (C=O) groups is 2. The van der Waals surface area contributed by atoms with Gasteiger partial charge >= 0.3 is 11.9 Å². The van der Waals surface area contributed by atoms with Crippen LogP contribution < -0.4 is 5.73 Å². The van der Waals surface area contributed by atoms with E-state index in [2.05, 4.69) is 25.5 Å². The van der Waals surface area contributed by atoms with Crippen molar-refractivity contribution in [2.24, 2.45) is 5.73 Å². The summed E-state index contributed by atoms with van der Waals surface area (Å²) in [5.74, 6) is -0.683. The standard InChI is InChI=1S/C18H37NO4P/c1-5-8-13-24(14-9-6-2,15-10-7-3)23-17(20)12-11-16(19)18(21)22-4/h16H,5-15,19H2,1-4H3/q+1/t16-/m0/s1. The van der Waals surface area contributed by atoms with E-state index in [1.807, 2.05) is 0 Å². The quantitative estimate of drug-likeness (QED) is 0.371. The van der Waals surface area contributed by atoms with Crippen LogP contribution in [0.1, 0.15) is 72.1 Å². The second-order valence-corrected chi connectivity index (χ2v) is 10.1. The van der Waals surface area contributed by atoms with Crippen LogP contribution in [0.2, 0.25) is 0 Å². The molecule has 0 saturated carbocycles. The molecule has 0 amide bonds. The van der Waals surface area contributed by atoms with E-state index in [1.165, 1.54) is 7.11 Å². The zero-order valence-corrected chi connectivity index (χ0v) is 16.9. The van der Waals surface area contributed by atoms with Crippen molar-refractivity contribution in [1.82, 2.24) is 0 Å². The molecule has 142 valence electrons. The molecule has 0 aliphatic carbocycles. The van der Waals surface area contributed by atoms with Crippen molar-refractivity contribution < 1.29 is 18.8 Å². The number of hydrogen-bond donors (Lipinski definition) is 1. The Bertz CT molecular complexity index is 341. The van der Waals surface area contributed by atoms with Gasteiger partial charge in [-0.15, -0.1) is 0 Å². The molecule has 0 unspecified atom stereocenters. The number of ether oxygens (including phenoxy) is 1. The summed E-state index contributed by atoms with van der Waals surface area (Å²) in [5.41, 5.74) is 5.71. The van der Waals surface area contributed by atoms with E-state index < -0.39 is 19.5 Å². The number of nitrogens with two attached hydrogens (primary N) is 1. The Morgan fingerprint density at radius 3 is 1.79 bits per heavy atom. The smallest absolute Gasteiger partial charge is 0.349 e. The number of carbonyl (C=O) groups excluding carboxylic acids is 2. The van der Waals surface area contributed by atoms with Crippen molar-refractivity contribution >= 4 is 19.4 Å². The molecule has 0 aromatic carbocycles. The third kappa shape index (κ3) is 9.58. The van der Waals surface area contributed by atoms with Gasteiger partial charge in [0.05, 0.1) is 32.0 Å². The first-order valence-electron chi connectivity index (χ1n) is 9.36. The normalized spacial score (nSPS) is 12.7. The van der Waals surface area contributed by atoms with Crippen LogP contribution in [0.25, 0.3) is 0 Å². The maximum absolute atomic E-state index is 12.4. The van der Waals surface area contributed by atoms with Gasteiger partial charge in [0.1, 0.15) is 6.04 Å². The Labute approximate surface area is 148 Å². The van der Waals surface area contributed by atoms with Crippen LogP contribution in [0.4, 0.5) is 0 Å². The van der Waals surface area contributed by atoms with Gasteiger partial charge in [-0.3, -0.25) is 4.79 Å². The summed E-state index contributed by atoms with van der Waals surface area (Å²) in [4.78, 5) is 23.7. The molecule has 5 nitrogen and oxygen atoms in total. The summed E-state index contributed by atoms with van der Waals surface area (Å²) in [5, 5.41) is 0. The van der Waals surface area contributed by atoms with Gasteiger partial charge in [0.25, 0.3) is 0 Å². The van der Waals surface area contributed by atoms with Crippen molar-refractivity contribution in [2.75, 3.05) is 25.6 Å². The first kappa shape index (κ1) is 23.3. The molecular weight excluding hydrogens is 325 g/mol. The fraction of sp³-hybridized carbons (Fsp3) is 0.889. The van der Waals surface area contributed by atoms with E-state index in [1.54, 1.807) is 0 Å². The number of methoxy groups -OCH3 is 1. The summed E-state index contributed by atoms with van der Waals surface area (Å²) in [6.07, 6.45) is 10.2. The number of rotatable bonds is 14. The predicted octanol–water partition coefficient (Wildman–Crippen LogP) is 4.14. The SMILES string of the molecule is CCCC[P+](CCCC)(CCCC)OC(=O)CC[C@H](N)C(=O)OC. The van der Waals surface area contributed by atoms with Gasteiger partial charge in [0, 0.05) is 0 Å². The molecule has 24 heavy (non-hydrogen) atoms. The monoisotopic (exact) mass is 362 g/mol. The Hall–Kier alpha value is -0.670. The van der Waals surface area contributed by atoms with Crippen molar-refractivity contribution in [3.05, 3.63) is 0 Å². The Kier molecular flexibility index (Phi) is 13.2. The maximum atomic E-state index is 12.4. The molecule has 6 heteroatoms. The Morgan fingerprint density at radius 2 is 1.42 bits per heavy atom. The number of unbranched alkanes of at least 4 members (excludes halogenated alkanes) is 3. The minimum absolute atomic E-state index is 0.183. The summed E-state index contributed by atoms with van der Waals surface area (Å²) in [6, 6.07) is -0.753. The highest BCUT2D eigenvalue weighted by Gasteiger charge is 2.41. The molecule has 0 heterocycles. The first-order chi connectivity index (χ1) is 11.4. The van der Waals surface area contributed by atoms with E-state index in [0.717, 1.165) is 57.0 Å². The molecule has 0 saturated heterocycles. The molecule has 0 rings (SSSR count). The van der Waals surface area contributed by atoms with Gasteiger partial charge in [-0.25, -0.2) is 4.79 Å². The average Bonchev–Trinajstić information content (AvgIpc) is 2.59. The third-order valence-corrected chi connectivity index (χ3v) is 8.20. The van der Waals surface area contributed by atoms with Crippen LogP contribution in [0, 0.1) is 0 Å². The molecule has 0 aromatic heterocycles. The molecule has 0 radical (unpaired) electrons. The van der Waals surface area contributed by atoms with Crippen LogP contribution in [-0.4, -0.2) is 43.6 Å².